The van der Waals surface area contributed by atoms with Crippen molar-refractivity contribution in [1.82, 2.24) is 0 Å². The van der Waals surface area contributed by atoms with Gasteiger partial charge in [0.1, 0.15) is 0 Å². The minimum Gasteiger partial charge on any atom is -0.374 e. The molecule has 62 valence electrons. The van der Waals surface area contributed by atoms with Crippen molar-refractivity contribution >= 4 is 5.97 Å². The SMILES string of the molecule is C/C(=C\C1CCO1)C(=O)OO. The monoisotopic (exact) mass is 158 g/mol. The van der Waals surface area contributed by atoms with Crippen LogP contribution in [0.3, 0.4) is 0 Å². The molecule has 1 rings (SSSR count). The van der Waals surface area contributed by atoms with Crippen LogP contribution in [-0.4, -0.2) is 23.9 Å². The highest BCUT2D eigenvalue weighted by atomic mass is 17.1. The first kappa shape index (κ1) is 8.23. The molecule has 0 bridgehead atoms. The highest BCUT2D eigenvalue weighted by molar-refractivity contribution is 5.87. The molecule has 1 heterocycles. The third kappa shape index (κ3) is 2.03. The van der Waals surface area contributed by atoms with Crippen molar-refractivity contribution in [2.45, 2.75) is 19.4 Å². The molecule has 1 atom stereocenters. The normalized spacial score (nSPS) is 24.2. The number of rotatable bonds is 2. The molecule has 1 fully saturated rings. The van der Waals surface area contributed by atoms with Gasteiger partial charge in [0.15, 0.2) is 0 Å². The van der Waals surface area contributed by atoms with Crippen molar-refractivity contribution in [2.75, 3.05) is 6.61 Å². The standard InChI is InChI=1S/C7H10O4/c1-5(7(8)11-9)4-6-2-3-10-6/h4,6,9H,2-3H2,1H3/b5-4+. The summed E-state index contributed by atoms with van der Waals surface area (Å²) < 4.78 is 5.03. The molecule has 1 aliphatic heterocycles. The van der Waals surface area contributed by atoms with E-state index < -0.39 is 5.97 Å². The molecule has 1 N–H and O–H groups in total. The van der Waals surface area contributed by atoms with Gasteiger partial charge in [-0.3, -0.25) is 4.89 Å². The molecule has 0 saturated carbocycles. The van der Waals surface area contributed by atoms with E-state index in [4.69, 9.17) is 9.99 Å². The van der Waals surface area contributed by atoms with Gasteiger partial charge in [0.05, 0.1) is 12.7 Å². The van der Waals surface area contributed by atoms with E-state index in [1.54, 1.807) is 13.0 Å². The van der Waals surface area contributed by atoms with Gasteiger partial charge in [-0.1, -0.05) is 0 Å². The Bertz CT molecular complexity index is 181. The average Bonchev–Trinajstić information content (AvgIpc) is 1.94. The lowest BCUT2D eigenvalue weighted by molar-refractivity contribution is -0.229. The van der Waals surface area contributed by atoms with Gasteiger partial charge in [0.2, 0.25) is 0 Å². The number of carbonyl (C=O) groups is 1. The maximum absolute atomic E-state index is 10.6. The first-order chi connectivity index (χ1) is 5.24. The van der Waals surface area contributed by atoms with Crippen molar-refractivity contribution in [1.29, 1.82) is 0 Å². The van der Waals surface area contributed by atoms with E-state index in [1.165, 1.54) is 0 Å². The summed E-state index contributed by atoms with van der Waals surface area (Å²) in [5, 5.41) is 7.98. The Hall–Kier alpha value is -0.870. The van der Waals surface area contributed by atoms with Gasteiger partial charge < -0.3 is 4.74 Å². The molecule has 1 aliphatic rings. The average molecular weight is 158 g/mol. The van der Waals surface area contributed by atoms with Gasteiger partial charge >= 0.3 is 5.97 Å². The molecule has 0 spiro atoms. The summed E-state index contributed by atoms with van der Waals surface area (Å²) in [5.74, 6) is -0.722. The van der Waals surface area contributed by atoms with Crippen LogP contribution in [0.1, 0.15) is 13.3 Å². The van der Waals surface area contributed by atoms with Gasteiger partial charge in [-0.15, -0.1) is 0 Å². The maximum Gasteiger partial charge on any atom is 0.368 e. The zero-order valence-electron chi connectivity index (χ0n) is 6.24. The van der Waals surface area contributed by atoms with Gasteiger partial charge in [0, 0.05) is 12.0 Å². The molecule has 4 heteroatoms. The van der Waals surface area contributed by atoms with Crippen molar-refractivity contribution in [3.8, 4) is 0 Å². The fourth-order valence-corrected chi connectivity index (χ4v) is 0.804. The summed E-state index contributed by atoms with van der Waals surface area (Å²) >= 11 is 0. The van der Waals surface area contributed by atoms with Crippen molar-refractivity contribution in [3.63, 3.8) is 0 Å². The minimum atomic E-state index is -0.722. The summed E-state index contributed by atoms with van der Waals surface area (Å²) in [6, 6.07) is 0. The molecule has 0 aromatic carbocycles. The van der Waals surface area contributed by atoms with Crippen LogP contribution in [0, 0.1) is 0 Å². The number of hydrogen-bond acceptors (Lipinski definition) is 4. The smallest absolute Gasteiger partial charge is 0.368 e. The summed E-state index contributed by atoms with van der Waals surface area (Å²) in [4.78, 5) is 14.1. The number of hydrogen-bond donors (Lipinski definition) is 1. The predicted octanol–water partition coefficient (Wildman–Crippen LogP) is 0.738. The lowest BCUT2D eigenvalue weighted by Crippen LogP contribution is -2.25. The molecule has 0 amide bonds. The number of carbonyl (C=O) groups excluding carboxylic acids is 1. The zero-order valence-corrected chi connectivity index (χ0v) is 6.24. The van der Waals surface area contributed by atoms with Crippen molar-refractivity contribution < 1.29 is 19.7 Å². The largest absolute Gasteiger partial charge is 0.374 e. The Balaban J connectivity index is 2.43. The van der Waals surface area contributed by atoms with Gasteiger partial charge in [-0.25, -0.2) is 4.79 Å². The second-order valence-electron chi connectivity index (χ2n) is 2.43. The molecule has 1 unspecified atom stereocenters. The lowest BCUT2D eigenvalue weighted by Gasteiger charge is -2.23. The van der Waals surface area contributed by atoms with Crippen molar-refractivity contribution in [3.05, 3.63) is 11.6 Å². The van der Waals surface area contributed by atoms with Crippen molar-refractivity contribution in [2.24, 2.45) is 0 Å². The van der Waals surface area contributed by atoms with Gasteiger partial charge in [-0.05, 0) is 13.0 Å². The van der Waals surface area contributed by atoms with Crippen LogP contribution in [0.4, 0.5) is 0 Å². The quantitative estimate of drug-likeness (QED) is 0.366. The number of ether oxygens (including phenoxy) is 1. The summed E-state index contributed by atoms with van der Waals surface area (Å²) in [6.45, 7) is 2.31. The van der Waals surface area contributed by atoms with E-state index in [2.05, 4.69) is 4.89 Å². The molecule has 0 aromatic heterocycles. The highest BCUT2D eigenvalue weighted by Gasteiger charge is 2.17. The second-order valence-corrected chi connectivity index (χ2v) is 2.43. The first-order valence-electron chi connectivity index (χ1n) is 3.40. The zero-order chi connectivity index (χ0) is 8.27. The van der Waals surface area contributed by atoms with Crippen LogP contribution >= 0.6 is 0 Å². The summed E-state index contributed by atoms with van der Waals surface area (Å²) in [6.07, 6.45) is 2.59. The van der Waals surface area contributed by atoms with Gasteiger partial charge in [-0.2, -0.15) is 5.26 Å². The van der Waals surface area contributed by atoms with Gasteiger partial charge in [0.25, 0.3) is 0 Å². The fraction of sp³-hybridized carbons (Fsp3) is 0.571. The molecule has 1 saturated heterocycles. The molecule has 0 radical (unpaired) electrons. The molecule has 4 nitrogen and oxygen atoms in total. The van der Waals surface area contributed by atoms with E-state index in [0.29, 0.717) is 5.57 Å². The molecular weight excluding hydrogens is 148 g/mol. The van der Waals surface area contributed by atoms with Crippen LogP contribution < -0.4 is 0 Å². The van der Waals surface area contributed by atoms with Crippen LogP contribution in [-0.2, 0) is 14.4 Å². The minimum absolute atomic E-state index is 0.0223. The van der Waals surface area contributed by atoms with Crippen LogP contribution in [0.15, 0.2) is 11.6 Å². The molecule has 0 aliphatic carbocycles. The summed E-state index contributed by atoms with van der Waals surface area (Å²) in [5.41, 5.74) is 0.372. The maximum atomic E-state index is 10.6. The Kier molecular flexibility index (Phi) is 2.62. The highest BCUT2D eigenvalue weighted by Crippen LogP contribution is 2.14. The van der Waals surface area contributed by atoms with E-state index in [0.717, 1.165) is 13.0 Å². The third-order valence-corrected chi connectivity index (χ3v) is 1.58. The molecule has 11 heavy (non-hydrogen) atoms. The lowest BCUT2D eigenvalue weighted by atomic mass is 10.1. The molecular formula is C7H10O4. The van der Waals surface area contributed by atoms with E-state index in [1.807, 2.05) is 0 Å². The van der Waals surface area contributed by atoms with Crippen LogP contribution in [0.5, 0.6) is 0 Å². The Labute approximate surface area is 64.3 Å². The van der Waals surface area contributed by atoms with E-state index in [-0.39, 0.29) is 6.10 Å². The topological polar surface area (TPSA) is 55.8 Å². The van der Waals surface area contributed by atoms with E-state index in [9.17, 15) is 4.79 Å². The summed E-state index contributed by atoms with van der Waals surface area (Å²) in [7, 11) is 0. The fourth-order valence-electron chi connectivity index (χ4n) is 0.804. The molecule has 0 aromatic rings. The Morgan fingerprint density at radius 3 is 2.82 bits per heavy atom. The third-order valence-electron chi connectivity index (χ3n) is 1.58. The van der Waals surface area contributed by atoms with Crippen LogP contribution in [0.2, 0.25) is 0 Å². The first-order valence-corrected chi connectivity index (χ1v) is 3.40. The predicted molar refractivity (Wildman–Crippen MR) is 36.8 cm³/mol. The van der Waals surface area contributed by atoms with E-state index >= 15 is 0 Å². The Morgan fingerprint density at radius 1 is 1.82 bits per heavy atom. The van der Waals surface area contributed by atoms with Crippen LogP contribution in [0.25, 0.3) is 0 Å². The Morgan fingerprint density at radius 2 is 2.45 bits per heavy atom. The second kappa shape index (κ2) is 3.50.